The van der Waals surface area contributed by atoms with E-state index in [1.807, 2.05) is 0 Å². The number of aromatic nitrogens is 1. The highest BCUT2D eigenvalue weighted by Crippen LogP contribution is 2.16. The molecule has 19 heavy (non-hydrogen) atoms. The fourth-order valence-corrected chi connectivity index (χ4v) is 2.85. The summed E-state index contributed by atoms with van der Waals surface area (Å²) in [6.07, 6.45) is 3.51. The highest BCUT2D eigenvalue weighted by atomic mass is 32.2. The van der Waals surface area contributed by atoms with Crippen molar-refractivity contribution in [2.45, 2.75) is 23.8 Å². The van der Waals surface area contributed by atoms with Crippen LogP contribution in [0.1, 0.15) is 12.8 Å². The maximum Gasteiger partial charge on any atom is 0.244 e. The van der Waals surface area contributed by atoms with Gasteiger partial charge in [-0.1, -0.05) is 0 Å². The summed E-state index contributed by atoms with van der Waals surface area (Å²) in [6.45, 7) is 2.01. The Balaban J connectivity index is 2.06. The number of nitrogens with zero attached hydrogens (tertiary/aromatic N) is 2. The Bertz CT molecular complexity index is 507. The van der Waals surface area contributed by atoms with Gasteiger partial charge >= 0.3 is 0 Å². The third kappa shape index (κ3) is 3.43. The summed E-state index contributed by atoms with van der Waals surface area (Å²) in [5.41, 5.74) is 0. The van der Waals surface area contributed by atoms with E-state index in [1.165, 1.54) is 24.6 Å². The van der Waals surface area contributed by atoms with Crippen LogP contribution in [0.15, 0.2) is 23.2 Å². The molecule has 106 valence electrons. The molecule has 1 aliphatic rings. The molecule has 0 spiro atoms. The fraction of sp³-hybridized carbons (Fsp3) is 0.583. The molecule has 2 heterocycles. The van der Waals surface area contributed by atoms with E-state index >= 15 is 0 Å². The molecule has 2 N–H and O–H groups in total. The van der Waals surface area contributed by atoms with Gasteiger partial charge in [0, 0.05) is 26.3 Å². The predicted octanol–water partition coefficient (Wildman–Crippen LogP) is 0.496. The zero-order valence-electron chi connectivity index (χ0n) is 11.3. The smallest absolute Gasteiger partial charge is 0.244 e. The van der Waals surface area contributed by atoms with Crippen LogP contribution in [0.4, 0.5) is 5.82 Å². The molecular formula is C12H20N4O2S. The monoisotopic (exact) mass is 284 g/mol. The van der Waals surface area contributed by atoms with Crippen molar-refractivity contribution in [3.8, 4) is 0 Å². The fourth-order valence-electron chi connectivity index (χ4n) is 2.00. The molecule has 2 rings (SSSR count). The number of sulfonamides is 1. The van der Waals surface area contributed by atoms with Gasteiger partial charge in [-0.25, -0.2) is 17.7 Å². The van der Waals surface area contributed by atoms with Crippen molar-refractivity contribution < 1.29 is 8.42 Å². The third-order valence-electron chi connectivity index (χ3n) is 3.21. The lowest BCUT2D eigenvalue weighted by molar-refractivity contribution is 0.478. The molecule has 0 unspecified atom stereocenters. The highest BCUT2D eigenvalue weighted by molar-refractivity contribution is 7.89. The quantitative estimate of drug-likeness (QED) is 0.842. The van der Waals surface area contributed by atoms with Crippen LogP contribution in [0.5, 0.6) is 0 Å². The summed E-state index contributed by atoms with van der Waals surface area (Å²) in [6, 6.07) is 3.72. The molecular weight excluding hydrogens is 264 g/mol. The van der Waals surface area contributed by atoms with Crippen molar-refractivity contribution in [1.29, 1.82) is 0 Å². The summed E-state index contributed by atoms with van der Waals surface area (Å²) < 4.78 is 25.0. The Hall–Kier alpha value is -1.18. The summed E-state index contributed by atoms with van der Waals surface area (Å²) in [4.78, 5) is 4.40. The Morgan fingerprint density at radius 2 is 2.00 bits per heavy atom. The zero-order chi connectivity index (χ0) is 13.9. The van der Waals surface area contributed by atoms with Crippen molar-refractivity contribution in [2.24, 2.45) is 0 Å². The van der Waals surface area contributed by atoms with E-state index in [4.69, 9.17) is 0 Å². The van der Waals surface area contributed by atoms with E-state index in [-0.39, 0.29) is 4.90 Å². The lowest BCUT2D eigenvalue weighted by Crippen LogP contribution is -2.35. The third-order valence-corrected chi connectivity index (χ3v) is 5.00. The maximum absolute atomic E-state index is 11.9. The Kier molecular flexibility index (Phi) is 4.38. The van der Waals surface area contributed by atoms with Gasteiger partial charge in [-0.3, -0.25) is 0 Å². The first-order chi connectivity index (χ1) is 9.00. The molecule has 0 aliphatic carbocycles. The summed E-state index contributed by atoms with van der Waals surface area (Å²) in [5.74, 6) is 0.726. The van der Waals surface area contributed by atoms with Crippen LogP contribution < -0.4 is 10.6 Å². The minimum Gasteiger partial charge on any atom is -0.367 e. The molecule has 7 heteroatoms. The van der Waals surface area contributed by atoms with Crippen molar-refractivity contribution in [2.75, 3.05) is 32.5 Å². The van der Waals surface area contributed by atoms with E-state index < -0.39 is 10.0 Å². The molecule has 1 aromatic rings. The first kappa shape index (κ1) is 14.2. The number of hydrogen-bond donors (Lipinski definition) is 2. The van der Waals surface area contributed by atoms with Crippen LogP contribution >= 0.6 is 0 Å². The van der Waals surface area contributed by atoms with E-state index in [0.717, 1.165) is 31.7 Å². The molecule has 6 nitrogen and oxygen atoms in total. The molecule has 0 amide bonds. The van der Waals surface area contributed by atoms with Gasteiger partial charge < -0.3 is 10.6 Å². The number of pyridine rings is 1. The molecule has 0 atom stereocenters. The van der Waals surface area contributed by atoms with Gasteiger partial charge in [0.2, 0.25) is 10.0 Å². The second kappa shape index (κ2) is 5.85. The SMILES string of the molecule is CN(C)S(=O)(=O)c1ccc(NC2CCNCC2)nc1. The van der Waals surface area contributed by atoms with Crippen LogP contribution in [0.2, 0.25) is 0 Å². The lowest BCUT2D eigenvalue weighted by atomic mass is 10.1. The van der Waals surface area contributed by atoms with Gasteiger partial charge in [0.05, 0.1) is 0 Å². The van der Waals surface area contributed by atoms with Crippen molar-refractivity contribution in [1.82, 2.24) is 14.6 Å². The Labute approximate surface area is 114 Å². The first-order valence-electron chi connectivity index (χ1n) is 6.36. The normalized spacial score (nSPS) is 17.6. The standard InChI is InChI=1S/C12H20N4O2S/c1-16(2)19(17,18)11-3-4-12(14-9-11)15-10-5-7-13-8-6-10/h3-4,9-10,13H,5-8H2,1-2H3,(H,14,15). The van der Waals surface area contributed by atoms with Gasteiger partial charge in [-0.15, -0.1) is 0 Å². The first-order valence-corrected chi connectivity index (χ1v) is 7.80. The minimum atomic E-state index is -3.39. The van der Waals surface area contributed by atoms with Crippen molar-refractivity contribution in [3.05, 3.63) is 18.3 Å². The Morgan fingerprint density at radius 3 is 2.53 bits per heavy atom. The van der Waals surface area contributed by atoms with Gasteiger partial charge in [-0.05, 0) is 38.1 Å². The molecule has 1 fully saturated rings. The lowest BCUT2D eigenvalue weighted by Gasteiger charge is -2.24. The minimum absolute atomic E-state index is 0.216. The predicted molar refractivity (Wildman–Crippen MR) is 74.6 cm³/mol. The zero-order valence-corrected chi connectivity index (χ0v) is 12.1. The number of nitrogens with one attached hydrogen (secondary N) is 2. The van der Waals surface area contributed by atoms with Gasteiger partial charge in [0.1, 0.15) is 10.7 Å². The summed E-state index contributed by atoms with van der Waals surface area (Å²) in [7, 11) is -0.373. The summed E-state index contributed by atoms with van der Waals surface area (Å²) >= 11 is 0. The second-order valence-electron chi connectivity index (χ2n) is 4.84. The number of rotatable bonds is 4. The van der Waals surface area contributed by atoms with Crippen LogP contribution in [0.25, 0.3) is 0 Å². The maximum atomic E-state index is 11.9. The van der Waals surface area contributed by atoms with E-state index in [1.54, 1.807) is 12.1 Å². The van der Waals surface area contributed by atoms with Crippen LogP contribution in [0, 0.1) is 0 Å². The number of hydrogen-bond acceptors (Lipinski definition) is 5. The van der Waals surface area contributed by atoms with Crippen LogP contribution in [-0.2, 0) is 10.0 Å². The molecule has 0 bridgehead atoms. The Morgan fingerprint density at radius 1 is 1.32 bits per heavy atom. The molecule has 1 aromatic heterocycles. The van der Waals surface area contributed by atoms with Crippen molar-refractivity contribution >= 4 is 15.8 Å². The van der Waals surface area contributed by atoms with Gasteiger partial charge in [-0.2, -0.15) is 0 Å². The average Bonchev–Trinajstić information content (AvgIpc) is 2.40. The molecule has 0 aromatic carbocycles. The molecule has 0 saturated carbocycles. The molecule has 1 saturated heterocycles. The van der Waals surface area contributed by atoms with E-state index in [0.29, 0.717) is 6.04 Å². The van der Waals surface area contributed by atoms with Crippen LogP contribution in [-0.4, -0.2) is 50.9 Å². The van der Waals surface area contributed by atoms with E-state index in [9.17, 15) is 8.42 Å². The highest BCUT2D eigenvalue weighted by Gasteiger charge is 2.18. The van der Waals surface area contributed by atoms with Gasteiger partial charge in [0.15, 0.2) is 0 Å². The van der Waals surface area contributed by atoms with Crippen molar-refractivity contribution in [3.63, 3.8) is 0 Å². The molecule has 1 aliphatic heterocycles. The van der Waals surface area contributed by atoms with Crippen LogP contribution in [0.3, 0.4) is 0 Å². The molecule has 0 radical (unpaired) electrons. The second-order valence-corrected chi connectivity index (χ2v) is 6.99. The number of piperidine rings is 1. The topological polar surface area (TPSA) is 74.3 Å². The van der Waals surface area contributed by atoms with E-state index in [2.05, 4.69) is 15.6 Å². The van der Waals surface area contributed by atoms with Gasteiger partial charge in [0.25, 0.3) is 0 Å². The average molecular weight is 284 g/mol. The largest absolute Gasteiger partial charge is 0.367 e. The number of anilines is 1. The summed E-state index contributed by atoms with van der Waals surface area (Å²) in [5, 5.41) is 6.63.